The highest BCUT2D eigenvalue weighted by molar-refractivity contribution is 6.51. The van der Waals surface area contributed by atoms with E-state index in [9.17, 15) is 4.79 Å². The zero-order chi connectivity index (χ0) is 16.6. The summed E-state index contributed by atoms with van der Waals surface area (Å²) >= 11 is 18.4. The zero-order valence-electron chi connectivity index (χ0n) is 12.7. The molecule has 2 aliphatic rings. The second kappa shape index (κ2) is 6.58. The molecule has 0 bridgehead atoms. The van der Waals surface area contributed by atoms with E-state index in [0.717, 1.165) is 25.9 Å². The third-order valence-corrected chi connectivity index (χ3v) is 6.05. The van der Waals surface area contributed by atoms with Gasteiger partial charge >= 0.3 is 6.09 Å². The van der Waals surface area contributed by atoms with Gasteiger partial charge in [0.1, 0.15) is 15.8 Å². The average molecular weight is 379 g/mol. The second-order valence-electron chi connectivity index (χ2n) is 6.04. The molecule has 0 spiro atoms. The van der Waals surface area contributed by atoms with Crippen LogP contribution in [0.15, 0.2) is 18.2 Å². The van der Waals surface area contributed by atoms with Gasteiger partial charge in [-0.2, -0.15) is 0 Å². The summed E-state index contributed by atoms with van der Waals surface area (Å²) in [7, 11) is 0. The van der Waals surface area contributed by atoms with Crippen LogP contribution in [0.5, 0.6) is 11.5 Å². The Morgan fingerprint density at radius 2 is 2.00 bits per heavy atom. The Morgan fingerprint density at radius 1 is 1.35 bits per heavy atom. The van der Waals surface area contributed by atoms with Gasteiger partial charge in [-0.3, -0.25) is 0 Å². The number of halogens is 3. The Bertz CT molecular complexity index is 602. The first-order valence-corrected chi connectivity index (χ1v) is 8.80. The molecule has 126 valence electrons. The molecule has 0 radical (unpaired) electrons. The van der Waals surface area contributed by atoms with Gasteiger partial charge in [0.2, 0.25) is 0 Å². The summed E-state index contributed by atoms with van der Waals surface area (Å²) in [5.41, 5.74) is 0. The van der Waals surface area contributed by atoms with Gasteiger partial charge in [-0.1, -0.05) is 18.5 Å². The van der Waals surface area contributed by atoms with E-state index in [4.69, 9.17) is 44.3 Å². The molecule has 1 saturated carbocycles. The lowest BCUT2D eigenvalue weighted by molar-refractivity contribution is 0.162. The highest BCUT2D eigenvalue weighted by Gasteiger charge is 2.60. The monoisotopic (exact) mass is 377 g/mol. The van der Waals surface area contributed by atoms with Gasteiger partial charge in [0, 0.05) is 25.1 Å². The normalized spacial score (nSPS) is 25.3. The lowest BCUT2D eigenvalue weighted by Crippen LogP contribution is -2.30. The lowest BCUT2D eigenvalue weighted by Gasteiger charge is -2.15. The van der Waals surface area contributed by atoms with E-state index >= 15 is 0 Å². The minimum Gasteiger partial charge on any atom is -0.491 e. The van der Waals surface area contributed by atoms with Crippen molar-refractivity contribution in [1.29, 1.82) is 0 Å². The SMILES string of the molecule is C[C@H]1[C@H](COc2cc(OC(=O)N3CCCC3)ccc2Cl)C1(Cl)Cl. The molecular formula is C16H18Cl3NO3. The first-order valence-electron chi connectivity index (χ1n) is 7.66. The maximum absolute atomic E-state index is 12.0. The van der Waals surface area contributed by atoms with Gasteiger partial charge in [-0.15, -0.1) is 23.2 Å². The molecule has 1 amide bonds. The van der Waals surface area contributed by atoms with Crippen molar-refractivity contribution in [3.05, 3.63) is 23.2 Å². The van der Waals surface area contributed by atoms with Crippen molar-refractivity contribution in [3.63, 3.8) is 0 Å². The number of carbonyl (C=O) groups is 1. The van der Waals surface area contributed by atoms with Gasteiger partial charge in [-0.25, -0.2) is 4.79 Å². The molecule has 7 heteroatoms. The van der Waals surface area contributed by atoms with Gasteiger partial charge < -0.3 is 14.4 Å². The smallest absolute Gasteiger partial charge is 0.415 e. The van der Waals surface area contributed by atoms with Crippen LogP contribution in [0.25, 0.3) is 0 Å². The number of likely N-dealkylation sites (tertiary alicyclic amines) is 1. The summed E-state index contributed by atoms with van der Waals surface area (Å²) in [6.45, 7) is 3.83. The van der Waals surface area contributed by atoms with Gasteiger partial charge in [0.15, 0.2) is 0 Å². The van der Waals surface area contributed by atoms with Crippen molar-refractivity contribution in [3.8, 4) is 11.5 Å². The van der Waals surface area contributed by atoms with Crippen LogP contribution in [0.2, 0.25) is 5.02 Å². The van der Waals surface area contributed by atoms with Crippen molar-refractivity contribution >= 4 is 40.9 Å². The molecule has 4 nitrogen and oxygen atoms in total. The number of benzene rings is 1. The Kier molecular flexibility index (Phi) is 4.86. The van der Waals surface area contributed by atoms with Gasteiger partial charge in [0.05, 0.1) is 11.6 Å². The summed E-state index contributed by atoms with van der Waals surface area (Å²) in [5, 5.41) is 0.453. The molecule has 2 fully saturated rings. The molecule has 0 N–H and O–H groups in total. The molecule has 0 unspecified atom stereocenters. The van der Waals surface area contributed by atoms with Crippen LogP contribution in [-0.4, -0.2) is 35.0 Å². The Hall–Kier alpha value is -0.840. The fraction of sp³-hybridized carbons (Fsp3) is 0.562. The Labute approximate surface area is 150 Å². The summed E-state index contributed by atoms with van der Waals surface area (Å²) in [6, 6.07) is 4.91. The molecule has 1 aliphatic heterocycles. The van der Waals surface area contributed by atoms with Crippen molar-refractivity contribution in [2.45, 2.75) is 24.1 Å². The van der Waals surface area contributed by atoms with E-state index < -0.39 is 4.33 Å². The van der Waals surface area contributed by atoms with Crippen LogP contribution >= 0.6 is 34.8 Å². The number of amides is 1. The van der Waals surface area contributed by atoms with E-state index in [1.54, 1.807) is 23.1 Å². The summed E-state index contributed by atoms with van der Waals surface area (Å²) in [5.74, 6) is 1.12. The first-order chi connectivity index (χ1) is 10.9. The molecule has 23 heavy (non-hydrogen) atoms. The fourth-order valence-electron chi connectivity index (χ4n) is 2.72. The number of nitrogens with zero attached hydrogens (tertiary/aromatic N) is 1. The van der Waals surface area contributed by atoms with Crippen molar-refractivity contribution in [2.75, 3.05) is 19.7 Å². The van der Waals surface area contributed by atoms with Crippen LogP contribution in [0.1, 0.15) is 19.8 Å². The molecule has 2 atom stereocenters. The molecule has 1 heterocycles. The minimum absolute atomic E-state index is 0.0673. The van der Waals surface area contributed by atoms with E-state index in [2.05, 4.69) is 0 Å². The quantitative estimate of drug-likeness (QED) is 0.709. The predicted octanol–water partition coefficient (Wildman–Crippen LogP) is 4.75. The third kappa shape index (κ3) is 3.65. The summed E-state index contributed by atoms with van der Waals surface area (Å²) in [4.78, 5) is 13.7. The average Bonchev–Trinajstić information content (AvgIpc) is 2.92. The number of alkyl halides is 2. The molecule has 0 aromatic heterocycles. The fourth-order valence-corrected chi connectivity index (χ4v) is 3.57. The third-order valence-electron chi connectivity index (χ3n) is 4.49. The lowest BCUT2D eigenvalue weighted by atomic mass is 10.3. The Balaban J connectivity index is 1.61. The molecule has 1 aromatic carbocycles. The molecule has 3 rings (SSSR count). The summed E-state index contributed by atoms with van der Waals surface area (Å²) < 4.78 is 10.4. The minimum atomic E-state index is -0.730. The van der Waals surface area contributed by atoms with Crippen LogP contribution in [0, 0.1) is 11.8 Å². The van der Waals surface area contributed by atoms with Gasteiger partial charge in [-0.05, 0) is 30.9 Å². The topological polar surface area (TPSA) is 38.8 Å². The van der Waals surface area contributed by atoms with Crippen molar-refractivity contribution in [2.24, 2.45) is 11.8 Å². The van der Waals surface area contributed by atoms with E-state index in [-0.39, 0.29) is 17.9 Å². The molecular weight excluding hydrogens is 361 g/mol. The summed E-state index contributed by atoms with van der Waals surface area (Å²) in [6.07, 6.45) is 1.69. The number of hydrogen-bond acceptors (Lipinski definition) is 3. The number of hydrogen-bond donors (Lipinski definition) is 0. The number of ether oxygens (including phenoxy) is 2. The van der Waals surface area contributed by atoms with Crippen LogP contribution in [0.4, 0.5) is 4.79 Å². The van der Waals surface area contributed by atoms with E-state index in [1.807, 2.05) is 6.92 Å². The Morgan fingerprint density at radius 3 is 2.61 bits per heavy atom. The maximum Gasteiger partial charge on any atom is 0.415 e. The highest BCUT2D eigenvalue weighted by atomic mass is 35.5. The zero-order valence-corrected chi connectivity index (χ0v) is 15.0. The highest BCUT2D eigenvalue weighted by Crippen LogP contribution is 2.58. The predicted molar refractivity (Wildman–Crippen MR) is 90.9 cm³/mol. The largest absolute Gasteiger partial charge is 0.491 e. The molecule has 1 aromatic rings. The van der Waals surface area contributed by atoms with Crippen LogP contribution < -0.4 is 9.47 Å². The molecule has 1 saturated heterocycles. The standard InChI is InChI=1S/C16H18Cl3NO3/c1-10-12(16(10,18)19)9-22-14-8-11(4-5-13(14)17)23-15(21)20-6-2-3-7-20/h4-5,8,10,12H,2-3,6-7,9H2,1H3/t10-,12-/m0/s1. The molecule has 1 aliphatic carbocycles. The van der Waals surface area contributed by atoms with Crippen LogP contribution in [-0.2, 0) is 0 Å². The number of rotatable bonds is 4. The van der Waals surface area contributed by atoms with E-state index in [0.29, 0.717) is 23.1 Å². The number of carbonyl (C=O) groups excluding carboxylic acids is 1. The second-order valence-corrected chi connectivity index (χ2v) is 7.89. The van der Waals surface area contributed by atoms with Crippen LogP contribution in [0.3, 0.4) is 0 Å². The van der Waals surface area contributed by atoms with E-state index in [1.165, 1.54) is 0 Å². The maximum atomic E-state index is 12.0. The van der Waals surface area contributed by atoms with Crippen molar-refractivity contribution in [1.82, 2.24) is 4.90 Å². The van der Waals surface area contributed by atoms with Gasteiger partial charge in [0.25, 0.3) is 0 Å². The van der Waals surface area contributed by atoms with Crippen molar-refractivity contribution < 1.29 is 14.3 Å². The first kappa shape index (κ1) is 17.0.